The van der Waals surface area contributed by atoms with Gasteiger partial charge in [0.15, 0.2) is 5.75 Å². The minimum atomic E-state index is -0.709. The number of aromatic nitrogens is 1. The zero-order valence-electron chi connectivity index (χ0n) is 13.4. The highest BCUT2D eigenvalue weighted by Crippen LogP contribution is 2.22. The molecule has 1 aromatic heterocycles. The van der Waals surface area contributed by atoms with E-state index in [-0.39, 0.29) is 30.3 Å². The van der Waals surface area contributed by atoms with E-state index < -0.39 is 22.2 Å². The zero-order chi connectivity index (χ0) is 17.9. The van der Waals surface area contributed by atoms with Crippen molar-refractivity contribution in [1.29, 1.82) is 0 Å². The molecule has 0 aliphatic rings. The van der Waals surface area contributed by atoms with Gasteiger partial charge in [-0.3, -0.25) is 19.7 Å². The first-order chi connectivity index (χ1) is 11.3. The molecule has 0 saturated heterocycles. The van der Waals surface area contributed by atoms with Crippen LogP contribution in [0.25, 0.3) is 10.9 Å². The predicted molar refractivity (Wildman–Crippen MR) is 87.0 cm³/mol. The fraction of sp³-hybridized carbons (Fsp3) is 0.375. The molecule has 1 unspecified atom stereocenters. The van der Waals surface area contributed by atoms with Gasteiger partial charge in [0, 0.05) is 24.1 Å². The number of benzene rings is 1. The lowest BCUT2D eigenvalue weighted by atomic mass is 10.2. The zero-order valence-corrected chi connectivity index (χ0v) is 13.4. The first-order valence-corrected chi connectivity index (χ1v) is 7.54. The Kier molecular flexibility index (Phi) is 5.18. The second-order valence-corrected chi connectivity index (χ2v) is 5.45. The van der Waals surface area contributed by atoms with Gasteiger partial charge in [0.25, 0.3) is 11.2 Å². The maximum Gasteiger partial charge on any atom is 0.307 e. The lowest BCUT2D eigenvalue weighted by Crippen LogP contribution is -2.23. The predicted octanol–water partition coefficient (Wildman–Crippen LogP) is 2.35. The maximum absolute atomic E-state index is 12.1. The number of non-ortho nitro benzene ring substituents is 1. The topological polar surface area (TPSA) is 112 Å². The lowest BCUT2D eigenvalue weighted by Gasteiger charge is -2.13. The monoisotopic (exact) mass is 334 g/mol. The van der Waals surface area contributed by atoms with E-state index in [2.05, 4.69) is 0 Å². The number of rotatable bonds is 6. The standard InChI is InChI=1S/C16H18N2O6/c1-3-10(2)24-15(20)6-7-17-13-9-12(18(22)23)5-4-11(13)8-14(19)16(17)21/h4-5,8-10,19H,3,6-7H2,1-2H3. The van der Waals surface area contributed by atoms with Crippen LogP contribution in [0.5, 0.6) is 5.75 Å². The van der Waals surface area contributed by atoms with Crippen LogP contribution >= 0.6 is 0 Å². The molecule has 1 heterocycles. The number of aryl methyl sites for hydroxylation is 1. The van der Waals surface area contributed by atoms with Crippen LogP contribution in [-0.4, -0.2) is 26.7 Å². The molecule has 1 atom stereocenters. The molecule has 1 N–H and O–H groups in total. The summed E-state index contributed by atoms with van der Waals surface area (Å²) in [7, 11) is 0. The number of nitro groups is 1. The third kappa shape index (κ3) is 3.70. The summed E-state index contributed by atoms with van der Waals surface area (Å²) in [6.07, 6.45) is 0.370. The van der Waals surface area contributed by atoms with E-state index in [0.29, 0.717) is 11.8 Å². The second kappa shape index (κ2) is 7.12. The van der Waals surface area contributed by atoms with Crippen LogP contribution in [0.1, 0.15) is 26.7 Å². The largest absolute Gasteiger partial charge is 0.503 e. The average molecular weight is 334 g/mol. The molecular formula is C16H18N2O6. The van der Waals surface area contributed by atoms with Crippen molar-refractivity contribution >= 4 is 22.6 Å². The number of hydrogen-bond acceptors (Lipinski definition) is 6. The highest BCUT2D eigenvalue weighted by Gasteiger charge is 2.15. The van der Waals surface area contributed by atoms with Crippen molar-refractivity contribution < 1.29 is 19.6 Å². The number of nitrogens with zero attached hydrogens (tertiary/aromatic N) is 2. The average Bonchev–Trinajstić information content (AvgIpc) is 2.54. The molecule has 2 aromatic rings. The van der Waals surface area contributed by atoms with Gasteiger partial charge >= 0.3 is 5.97 Å². The second-order valence-electron chi connectivity index (χ2n) is 5.45. The van der Waals surface area contributed by atoms with E-state index in [9.17, 15) is 24.8 Å². The van der Waals surface area contributed by atoms with Gasteiger partial charge in [0.1, 0.15) is 0 Å². The van der Waals surface area contributed by atoms with Crippen molar-refractivity contribution in [2.24, 2.45) is 0 Å². The third-order valence-corrected chi connectivity index (χ3v) is 3.72. The molecule has 2 rings (SSSR count). The van der Waals surface area contributed by atoms with Gasteiger partial charge in [-0.05, 0) is 25.5 Å². The molecule has 0 amide bonds. The Labute approximate surface area is 137 Å². The first-order valence-electron chi connectivity index (χ1n) is 7.54. The normalized spacial score (nSPS) is 12.1. The minimum absolute atomic E-state index is 0.0415. The van der Waals surface area contributed by atoms with Crippen molar-refractivity contribution in [1.82, 2.24) is 4.57 Å². The summed E-state index contributed by atoms with van der Waals surface area (Å²) in [5.41, 5.74) is -0.605. The molecule has 0 aliphatic carbocycles. The van der Waals surface area contributed by atoms with Crippen LogP contribution in [0.2, 0.25) is 0 Å². The van der Waals surface area contributed by atoms with E-state index in [1.165, 1.54) is 24.3 Å². The summed E-state index contributed by atoms with van der Waals surface area (Å²) in [4.78, 5) is 34.3. The smallest absolute Gasteiger partial charge is 0.307 e. The molecule has 0 radical (unpaired) electrons. The highest BCUT2D eigenvalue weighted by atomic mass is 16.6. The minimum Gasteiger partial charge on any atom is -0.503 e. The van der Waals surface area contributed by atoms with Crippen molar-refractivity contribution in [2.75, 3.05) is 0 Å². The Morgan fingerprint density at radius 1 is 1.42 bits per heavy atom. The molecule has 1 aromatic carbocycles. The quantitative estimate of drug-likeness (QED) is 0.493. The summed E-state index contributed by atoms with van der Waals surface area (Å²) >= 11 is 0. The number of esters is 1. The number of nitro benzene ring substituents is 1. The summed E-state index contributed by atoms with van der Waals surface area (Å²) in [5, 5.41) is 21.1. The number of aromatic hydroxyl groups is 1. The van der Waals surface area contributed by atoms with Gasteiger partial charge in [0.2, 0.25) is 0 Å². The number of carbonyl (C=O) groups is 1. The van der Waals surface area contributed by atoms with Gasteiger partial charge in [0.05, 0.1) is 23.0 Å². The van der Waals surface area contributed by atoms with Crippen molar-refractivity contribution in [3.8, 4) is 5.75 Å². The van der Waals surface area contributed by atoms with E-state index in [4.69, 9.17) is 4.74 Å². The van der Waals surface area contributed by atoms with Crippen LogP contribution in [0.4, 0.5) is 5.69 Å². The molecule has 8 nitrogen and oxygen atoms in total. The van der Waals surface area contributed by atoms with E-state index in [1.807, 2.05) is 6.92 Å². The van der Waals surface area contributed by atoms with Crippen molar-refractivity contribution in [2.45, 2.75) is 39.3 Å². The van der Waals surface area contributed by atoms with Crippen molar-refractivity contribution in [3.05, 3.63) is 44.7 Å². The van der Waals surface area contributed by atoms with Crippen LogP contribution in [-0.2, 0) is 16.1 Å². The summed E-state index contributed by atoms with van der Waals surface area (Å²) < 4.78 is 6.29. The third-order valence-electron chi connectivity index (χ3n) is 3.72. The van der Waals surface area contributed by atoms with Gasteiger partial charge in [-0.15, -0.1) is 0 Å². The van der Waals surface area contributed by atoms with Crippen LogP contribution in [0, 0.1) is 10.1 Å². The van der Waals surface area contributed by atoms with Crippen LogP contribution < -0.4 is 5.56 Å². The molecule has 8 heteroatoms. The van der Waals surface area contributed by atoms with E-state index in [0.717, 1.165) is 4.57 Å². The molecular weight excluding hydrogens is 316 g/mol. The fourth-order valence-corrected chi connectivity index (χ4v) is 2.25. The van der Waals surface area contributed by atoms with Crippen LogP contribution in [0.15, 0.2) is 29.1 Å². The molecule has 0 aliphatic heterocycles. The van der Waals surface area contributed by atoms with Gasteiger partial charge in [-0.2, -0.15) is 0 Å². The van der Waals surface area contributed by atoms with E-state index in [1.54, 1.807) is 6.92 Å². The summed E-state index contributed by atoms with van der Waals surface area (Å²) in [6, 6.07) is 5.22. The van der Waals surface area contributed by atoms with E-state index >= 15 is 0 Å². The van der Waals surface area contributed by atoms with Gasteiger partial charge in [-0.25, -0.2) is 0 Å². The summed E-state index contributed by atoms with van der Waals surface area (Å²) in [5.74, 6) is -0.954. The number of hydrogen-bond donors (Lipinski definition) is 1. The molecule has 0 saturated carbocycles. The Morgan fingerprint density at radius 2 is 2.12 bits per heavy atom. The Balaban J connectivity index is 2.38. The first kappa shape index (κ1) is 17.5. The molecule has 0 fully saturated rings. The number of carbonyl (C=O) groups excluding carboxylic acids is 1. The van der Waals surface area contributed by atoms with Crippen LogP contribution in [0.3, 0.4) is 0 Å². The Bertz CT molecular complexity index is 842. The number of fused-ring (bicyclic) bond motifs is 1. The summed E-state index contributed by atoms with van der Waals surface area (Å²) in [6.45, 7) is 3.60. The highest BCUT2D eigenvalue weighted by molar-refractivity contribution is 5.82. The Hall–Kier alpha value is -2.90. The molecule has 0 bridgehead atoms. The molecule has 24 heavy (non-hydrogen) atoms. The fourth-order valence-electron chi connectivity index (χ4n) is 2.25. The van der Waals surface area contributed by atoms with Crippen molar-refractivity contribution in [3.63, 3.8) is 0 Å². The Morgan fingerprint density at radius 3 is 2.75 bits per heavy atom. The number of ether oxygens (including phenoxy) is 1. The number of pyridine rings is 1. The maximum atomic E-state index is 12.1. The molecule has 128 valence electrons. The molecule has 0 spiro atoms. The van der Waals surface area contributed by atoms with Gasteiger partial charge < -0.3 is 14.4 Å². The lowest BCUT2D eigenvalue weighted by molar-refractivity contribution is -0.384. The SMILES string of the molecule is CCC(C)OC(=O)CCn1c(=O)c(O)cc2ccc([N+](=O)[O-])cc21. The van der Waals surface area contributed by atoms with Gasteiger partial charge in [-0.1, -0.05) is 6.92 Å².